The predicted octanol–water partition coefficient (Wildman–Crippen LogP) is 4.53. The zero-order valence-electron chi connectivity index (χ0n) is 28.3. The van der Waals surface area contributed by atoms with Gasteiger partial charge in [0.15, 0.2) is 17.2 Å². The van der Waals surface area contributed by atoms with Gasteiger partial charge >= 0.3 is 5.97 Å². The molecule has 32 heteroatoms. The molecule has 28 nitrogen and oxygen atoms in total. The standard InChI is InChI=1S/C27H19N9O19S4/c1-35-26(39)22(23(34-35)27(40)41)33-28-11-2-4-13(15(8-11)56(44,45)46)29-31-20-17(58(50,51)52)6-10-7-18(59(53,54)55)21(25(38)19(10)24(20)37)32-30-14-5-3-12(36(42)43)9-16(14)57(47,48)49/h2-9,37-39H,1H3,(H,40,41)(H,44,45,46)(H,47,48,49)(H,50,51,52)(H,53,54,55)/b31-29+,32-30+,33-28+. The molecule has 59 heavy (non-hydrogen) atoms. The number of phenolic OH excluding ortho intramolecular Hbond substituents is 2. The number of benzene rings is 4. The number of aromatic carboxylic acids is 1. The normalized spacial score (nSPS) is 13.0. The first kappa shape index (κ1) is 43.2. The van der Waals surface area contributed by atoms with Gasteiger partial charge in [-0.15, -0.1) is 25.6 Å². The second kappa shape index (κ2) is 15.1. The lowest BCUT2D eigenvalue weighted by Crippen LogP contribution is -2.02. The number of aryl methyl sites for hydroxylation is 1. The molecule has 0 aliphatic rings. The summed E-state index contributed by atoms with van der Waals surface area (Å²) in [7, 11) is -20.5. The summed E-state index contributed by atoms with van der Waals surface area (Å²) in [5.41, 5.74) is -7.10. The monoisotopic (exact) mass is 901 g/mol. The lowest BCUT2D eigenvalue weighted by atomic mass is 10.1. The van der Waals surface area contributed by atoms with Crippen molar-refractivity contribution < 1.29 is 82.0 Å². The van der Waals surface area contributed by atoms with Gasteiger partial charge in [0.2, 0.25) is 11.6 Å². The number of carbonyl (C=O) groups is 1. The lowest BCUT2D eigenvalue weighted by molar-refractivity contribution is -0.385. The lowest BCUT2D eigenvalue weighted by Gasteiger charge is -2.13. The predicted molar refractivity (Wildman–Crippen MR) is 190 cm³/mol. The number of nitro benzene ring substituents is 1. The number of nitrogens with zero attached hydrogens (tertiary/aromatic N) is 9. The average molecular weight is 902 g/mol. The van der Waals surface area contributed by atoms with E-state index in [-0.39, 0.29) is 0 Å². The number of carboxylic acids is 1. The minimum atomic E-state index is -5.53. The van der Waals surface area contributed by atoms with E-state index in [0.717, 1.165) is 23.9 Å². The van der Waals surface area contributed by atoms with E-state index in [1.54, 1.807) is 0 Å². The van der Waals surface area contributed by atoms with Gasteiger partial charge in [0.05, 0.1) is 16.0 Å². The number of hydrogen-bond acceptors (Lipinski definition) is 21. The Bertz CT molecular complexity index is 3220. The van der Waals surface area contributed by atoms with E-state index in [2.05, 4.69) is 35.8 Å². The van der Waals surface area contributed by atoms with Gasteiger partial charge in [-0.05, 0) is 41.8 Å². The number of hydrogen-bond donors (Lipinski definition) is 8. The maximum absolute atomic E-state index is 12.4. The number of phenols is 2. The van der Waals surface area contributed by atoms with E-state index in [4.69, 9.17) is 0 Å². The van der Waals surface area contributed by atoms with Gasteiger partial charge in [0.25, 0.3) is 46.2 Å². The molecule has 0 amide bonds. The van der Waals surface area contributed by atoms with Crippen LogP contribution in [0.25, 0.3) is 10.8 Å². The third-order valence-corrected chi connectivity index (χ3v) is 10.9. The summed E-state index contributed by atoms with van der Waals surface area (Å²) < 4.78 is 138. The molecule has 5 aromatic rings. The Hall–Kier alpha value is -6.94. The topological polar surface area (TPSA) is 451 Å². The van der Waals surface area contributed by atoms with E-state index in [9.17, 15) is 87.2 Å². The number of fused-ring (bicyclic) bond motifs is 1. The maximum atomic E-state index is 12.4. The highest BCUT2D eigenvalue weighted by Gasteiger charge is 2.30. The Labute approximate surface area is 326 Å². The zero-order chi connectivity index (χ0) is 44.2. The minimum absolute atomic E-state index is 0.337. The molecule has 5 rings (SSSR count). The number of non-ortho nitro benzene ring substituents is 1. The first-order chi connectivity index (χ1) is 27.1. The summed E-state index contributed by atoms with van der Waals surface area (Å²) in [5.74, 6) is -5.35. The molecular weight excluding hydrogens is 883 g/mol. The summed E-state index contributed by atoms with van der Waals surface area (Å²) in [6.07, 6.45) is 0. The van der Waals surface area contributed by atoms with Gasteiger partial charge in [0.1, 0.15) is 42.3 Å². The first-order valence-corrected chi connectivity index (χ1v) is 20.5. The van der Waals surface area contributed by atoms with Crippen molar-refractivity contribution >= 4 is 97.0 Å². The molecule has 0 spiro atoms. The van der Waals surface area contributed by atoms with Crippen LogP contribution in [0.1, 0.15) is 10.5 Å². The molecule has 0 radical (unpaired) electrons. The van der Waals surface area contributed by atoms with Gasteiger partial charge in [-0.25, -0.2) is 9.48 Å². The molecule has 1 heterocycles. The third kappa shape index (κ3) is 8.82. The molecule has 0 saturated heterocycles. The van der Waals surface area contributed by atoms with Crippen molar-refractivity contribution in [2.45, 2.75) is 19.6 Å². The molecule has 0 saturated carbocycles. The van der Waals surface area contributed by atoms with E-state index < -0.39 is 145 Å². The van der Waals surface area contributed by atoms with Crippen LogP contribution in [-0.2, 0) is 47.5 Å². The van der Waals surface area contributed by atoms with Crippen molar-refractivity contribution in [3.8, 4) is 17.4 Å². The molecule has 0 fully saturated rings. The van der Waals surface area contributed by atoms with Crippen molar-refractivity contribution in [3.63, 3.8) is 0 Å². The fraction of sp³-hybridized carbons (Fsp3) is 0.0370. The van der Waals surface area contributed by atoms with Gasteiger partial charge < -0.3 is 20.4 Å². The van der Waals surface area contributed by atoms with Crippen LogP contribution in [0.15, 0.2) is 98.8 Å². The summed E-state index contributed by atoms with van der Waals surface area (Å²) in [6.45, 7) is 0. The average Bonchev–Trinajstić information content (AvgIpc) is 3.40. The zero-order valence-corrected chi connectivity index (χ0v) is 31.6. The van der Waals surface area contributed by atoms with Crippen LogP contribution in [0.3, 0.4) is 0 Å². The summed E-state index contributed by atoms with van der Waals surface area (Å²) in [5, 5.41) is 75.4. The molecule has 0 unspecified atom stereocenters. The molecule has 310 valence electrons. The largest absolute Gasteiger partial charge is 0.505 e. The number of nitro groups is 1. The Kier molecular flexibility index (Phi) is 11.1. The van der Waals surface area contributed by atoms with Gasteiger partial charge in [-0.1, -0.05) is 0 Å². The fourth-order valence-corrected chi connectivity index (χ4v) is 7.46. The summed E-state index contributed by atoms with van der Waals surface area (Å²) in [6, 6.07) is 4.69. The molecule has 1 aromatic heterocycles. The van der Waals surface area contributed by atoms with Crippen molar-refractivity contribution in [2.24, 2.45) is 37.7 Å². The smallest absolute Gasteiger partial charge is 0.358 e. The molecule has 0 aliphatic carbocycles. The number of aromatic nitrogens is 2. The maximum Gasteiger partial charge on any atom is 0.358 e. The van der Waals surface area contributed by atoms with Crippen molar-refractivity contribution in [1.82, 2.24) is 9.78 Å². The third-order valence-electron chi connectivity index (χ3n) is 7.44. The first-order valence-electron chi connectivity index (χ1n) is 14.7. The molecule has 0 bridgehead atoms. The van der Waals surface area contributed by atoms with Crippen LogP contribution >= 0.6 is 0 Å². The van der Waals surface area contributed by atoms with Crippen molar-refractivity contribution in [3.05, 3.63) is 64.3 Å². The fourth-order valence-electron chi connectivity index (χ4n) is 4.86. The Balaban J connectivity index is 1.72. The number of rotatable bonds is 12. The second-order valence-electron chi connectivity index (χ2n) is 11.3. The molecule has 4 aromatic carbocycles. The van der Waals surface area contributed by atoms with Crippen LogP contribution in [0.4, 0.5) is 39.8 Å². The van der Waals surface area contributed by atoms with Crippen LogP contribution in [0.5, 0.6) is 17.4 Å². The highest BCUT2D eigenvalue weighted by atomic mass is 32.2. The van der Waals surface area contributed by atoms with E-state index in [1.165, 1.54) is 0 Å². The van der Waals surface area contributed by atoms with Gasteiger partial charge in [-0.3, -0.25) is 28.3 Å². The molecular formula is C27H19N9O19S4. The van der Waals surface area contributed by atoms with Crippen molar-refractivity contribution in [1.29, 1.82) is 0 Å². The summed E-state index contributed by atoms with van der Waals surface area (Å²) >= 11 is 0. The SMILES string of the molecule is Cn1nc(C(=O)O)c(/N=N/c2ccc(/N=N/c3c(S(=O)(=O)O)cc4cc(S(=O)(=O)O)c(/N=N/c5ccc([N+](=O)[O-])cc5S(=O)(=O)O)c(O)c4c3O)c(S(=O)(=O)O)c2)c1O. The quantitative estimate of drug-likeness (QED) is 0.0369. The number of azo groups is 3. The Morgan fingerprint density at radius 3 is 1.53 bits per heavy atom. The van der Waals surface area contributed by atoms with Crippen LogP contribution < -0.4 is 0 Å². The summed E-state index contributed by atoms with van der Waals surface area (Å²) in [4.78, 5) is 16.4. The van der Waals surface area contributed by atoms with Gasteiger partial charge in [-0.2, -0.15) is 43.9 Å². The molecule has 0 aliphatic heterocycles. The van der Waals surface area contributed by atoms with Crippen LogP contribution in [-0.4, -0.2) is 93.0 Å². The van der Waals surface area contributed by atoms with Crippen LogP contribution in [0.2, 0.25) is 0 Å². The molecule has 8 N–H and O–H groups in total. The second-order valence-corrected chi connectivity index (χ2v) is 16.8. The van der Waals surface area contributed by atoms with E-state index in [1.807, 2.05) is 0 Å². The minimum Gasteiger partial charge on any atom is -0.505 e. The van der Waals surface area contributed by atoms with Gasteiger partial charge in [0, 0.05) is 19.2 Å². The van der Waals surface area contributed by atoms with E-state index in [0.29, 0.717) is 36.4 Å². The molecule has 0 atom stereocenters. The Morgan fingerprint density at radius 2 is 1.08 bits per heavy atom. The highest BCUT2D eigenvalue weighted by molar-refractivity contribution is 7.86. The van der Waals surface area contributed by atoms with Crippen molar-refractivity contribution in [2.75, 3.05) is 0 Å². The van der Waals surface area contributed by atoms with E-state index >= 15 is 0 Å². The van der Waals surface area contributed by atoms with Crippen LogP contribution in [0, 0.1) is 10.1 Å². The number of carboxylic acid groups (broad SMARTS) is 1. The Morgan fingerprint density at radius 1 is 0.644 bits per heavy atom. The number of aromatic hydroxyl groups is 3. The highest BCUT2D eigenvalue weighted by Crippen LogP contribution is 2.50.